The van der Waals surface area contributed by atoms with E-state index in [2.05, 4.69) is 5.43 Å². The van der Waals surface area contributed by atoms with E-state index in [9.17, 15) is 4.79 Å². The Morgan fingerprint density at radius 3 is 2.80 bits per heavy atom. The minimum absolute atomic E-state index is 0.154. The van der Waals surface area contributed by atoms with Gasteiger partial charge in [0.05, 0.1) is 13.7 Å². The Hall–Kier alpha value is -2.01. The smallest absolute Gasteiger partial charge is 0.233 e. The number of nitrogens with one attached hydrogen (secondary N) is 1. The highest BCUT2D eigenvalue weighted by atomic mass is 16.5. The zero-order valence-electron chi connectivity index (χ0n) is 12.0. The average Bonchev–Trinajstić information content (AvgIpc) is 2.47. The van der Waals surface area contributed by atoms with Gasteiger partial charge in [0.1, 0.15) is 0 Å². The molecule has 20 heavy (non-hydrogen) atoms. The molecule has 5 heteroatoms. The van der Waals surface area contributed by atoms with E-state index in [4.69, 9.17) is 15.3 Å². The predicted octanol–water partition coefficient (Wildman–Crippen LogP) is 2.27. The molecule has 0 aromatic heterocycles. The molecule has 0 saturated carbocycles. The lowest BCUT2D eigenvalue weighted by Gasteiger charge is -2.11. The van der Waals surface area contributed by atoms with Gasteiger partial charge in [0.2, 0.25) is 5.91 Å². The molecule has 1 rings (SSSR count). The monoisotopic (exact) mass is 278 g/mol. The average molecular weight is 278 g/mol. The lowest BCUT2D eigenvalue weighted by molar-refractivity contribution is -0.121. The van der Waals surface area contributed by atoms with Crippen LogP contribution in [0.4, 0.5) is 0 Å². The Bertz CT molecular complexity index is 458. The summed E-state index contributed by atoms with van der Waals surface area (Å²) in [6.07, 6.45) is 5.90. The molecule has 0 spiro atoms. The zero-order valence-corrected chi connectivity index (χ0v) is 12.0. The number of rotatable bonds is 8. The third kappa shape index (κ3) is 5.32. The van der Waals surface area contributed by atoms with E-state index in [1.54, 1.807) is 7.11 Å². The number of benzene rings is 1. The number of allylic oxidation sites excluding steroid dienone is 1. The number of unbranched alkanes of at least 4 members (excludes halogenated alkanes) is 1. The quantitative estimate of drug-likeness (QED) is 0.331. The molecule has 0 aliphatic heterocycles. The standard InChI is InChI=1S/C15H22N2O3/c1-3-6-12-8-9-13(14(11-12)19-2)20-10-5-4-7-15(18)17-16/h3,6,8-9,11H,4-5,7,10,16H2,1-2H3,(H,17,18). The lowest BCUT2D eigenvalue weighted by atomic mass is 10.2. The number of hydrogen-bond donors (Lipinski definition) is 2. The van der Waals surface area contributed by atoms with E-state index in [0.717, 1.165) is 18.4 Å². The maximum absolute atomic E-state index is 10.9. The van der Waals surface area contributed by atoms with Crippen LogP contribution in [0.5, 0.6) is 11.5 Å². The summed E-state index contributed by atoms with van der Waals surface area (Å²) in [7, 11) is 1.62. The van der Waals surface area contributed by atoms with E-state index in [-0.39, 0.29) is 5.91 Å². The van der Waals surface area contributed by atoms with Crippen LogP contribution in [0.25, 0.3) is 6.08 Å². The molecule has 0 bridgehead atoms. The molecule has 110 valence electrons. The fourth-order valence-electron chi connectivity index (χ4n) is 1.74. The minimum Gasteiger partial charge on any atom is -0.493 e. The molecule has 0 saturated heterocycles. The van der Waals surface area contributed by atoms with Gasteiger partial charge in [-0.05, 0) is 37.5 Å². The number of carbonyl (C=O) groups excluding carboxylic acids is 1. The Morgan fingerprint density at radius 1 is 1.35 bits per heavy atom. The zero-order chi connectivity index (χ0) is 14.8. The van der Waals surface area contributed by atoms with Crippen LogP contribution in [0.15, 0.2) is 24.3 Å². The van der Waals surface area contributed by atoms with Gasteiger partial charge in [0, 0.05) is 6.42 Å². The van der Waals surface area contributed by atoms with Crippen molar-refractivity contribution in [2.75, 3.05) is 13.7 Å². The number of methoxy groups -OCH3 is 1. The molecule has 0 aliphatic carbocycles. The first-order valence-corrected chi connectivity index (χ1v) is 6.64. The molecular formula is C15H22N2O3. The lowest BCUT2D eigenvalue weighted by Crippen LogP contribution is -2.29. The Kier molecular flexibility index (Phi) is 7.21. The number of nitrogens with two attached hydrogens (primary N) is 1. The molecule has 0 fully saturated rings. The number of hydrazine groups is 1. The fourth-order valence-corrected chi connectivity index (χ4v) is 1.74. The second kappa shape index (κ2) is 8.98. The molecule has 3 N–H and O–H groups in total. The fraction of sp³-hybridized carbons (Fsp3) is 0.400. The summed E-state index contributed by atoms with van der Waals surface area (Å²) in [4.78, 5) is 10.9. The topological polar surface area (TPSA) is 73.6 Å². The molecule has 1 amide bonds. The molecule has 1 aromatic rings. The van der Waals surface area contributed by atoms with Crippen molar-refractivity contribution >= 4 is 12.0 Å². The number of hydrogen-bond acceptors (Lipinski definition) is 4. The van der Waals surface area contributed by atoms with Crippen LogP contribution in [0.1, 0.15) is 31.7 Å². The van der Waals surface area contributed by atoms with Crippen LogP contribution in [-0.4, -0.2) is 19.6 Å². The van der Waals surface area contributed by atoms with Crippen molar-refractivity contribution in [1.82, 2.24) is 5.43 Å². The van der Waals surface area contributed by atoms with E-state index in [1.807, 2.05) is 37.3 Å². The van der Waals surface area contributed by atoms with Gasteiger partial charge in [0.25, 0.3) is 0 Å². The molecule has 5 nitrogen and oxygen atoms in total. The summed E-state index contributed by atoms with van der Waals surface area (Å²) in [6.45, 7) is 2.51. The summed E-state index contributed by atoms with van der Waals surface area (Å²) in [5.41, 5.74) is 3.17. The van der Waals surface area contributed by atoms with Crippen molar-refractivity contribution in [2.45, 2.75) is 26.2 Å². The van der Waals surface area contributed by atoms with E-state index >= 15 is 0 Å². The highest BCUT2D eigenvalue weighted by Crippen LogP contribution is 2.28. The van der Waals surface area contributed by atoms with Crippen LogP contribution < -0.4 is 20.7 Å². The van der Waals surface area contributed by atoms with Gasteiger partial charge in [-0.25, -0.2) is 5.84 Å². The van der Waals surface area contributed by atoms with Gasteiger partial charge in [0.15, 0.2) is 11.5 Å². The first kappa shape index (κ1) is 16.0. The van der Waals surface area contributed by atoms with Crippen LogP contribution in [0.3, 0.4) is 0 Å². The summed E-state index contributed by atoms with van der Waals surface area (Å²) >= 11 is 0. The van der Waals surface area contributed by atoms with Gasteiger partial charge in [-0.3, -0.25) is 10.2 Å². The van der Waals surface area contributed by atoms with Gasteiger partial charge >= 0.3 is 0 Å². The van der Waals surface area contributed by atoms with E-state index in [0.29, 0.717) is 24.5 Å². The van der Waals surface area contributed by atoms with Gasteiger partial charge in [-0.15, -0.1) is 0 Å². The Labute approximate surface area is 119 Å². The summed E-state index contributed by atoms with van der Waals surface area (Å²) in [6, 6.07) is 5.79. The van der Waals surface area contributed by atoms with Crippen molar-refractivity contribution in [2.24, 2.45) is 5.84 Å². The maximum atomic E-state index is 10.9. The van der Waals surface area contributed by atoms with E-state index < -0.39 is 0 Å². The predicted molar refractivity (Wildman–Crippen MR) is 79.4 cm³/mol. The maximum Gasteiger partial charge on any atom is 0.233 e. The van der Waals surface area contributed by atoms with Crippen LogP contribution in [0.2, 0.25) is 0 Å². The molecule has 0 atom stereocenters. The van der Waals surface area contributed by atoms with Gasteiger partial charge in [-0.1, -0.05) is 18.2 Å². The molecular weight excluding hydrogens is 256 g/mol. The second-order valence-corrected chi connectivity index (χ2v) is 4.28. The summed E-state index contributed by atoms with van der Waals surface area (Å²) in [5, 5.41) is 0. The van der Waals surface area contributed by atoms with Crippen molar-refractivity contribution < 1.29 is 14.3 Å². The second-order valence-electron chi connectivity index (χ2n) is 4.28. The molecule has 0 aliphatic rings. The summed E-state index contributed by atoms with van der Waals surface area (Å²) in [5.74, 6) is 6.27. The molecule has 1 aromatic carbocycles. The third-order valence-corrected chi connectivity index (χ3v) is 2.76. The number of amides is 1. The van der Waals surface area contributed by atoms with Crippen molar-refractivity contribution in [1.29, 1.82) is 0 Å². The highest BCUT2D eigenvalue weighted by molar-refractivity contribution is 5.75. The number of ether oxygens (including phenoxy) is 2. The first-order chi connectivity index (χ1) is 9.71. The molecule has 0 unspecified atom stereocenters. The summed E-state index contributed by atoms with van der Waals surface area (Å²) < 4.78 is 11.0. The van der Waals surface area contributed by atoms with Crippen molar-refractivity contribution in [3.05, 3.63) is 29.8 Å². The van der Waals surface area contributed by atoms with E-state index in [1.165, 1.54) is 0 Å². The van der Waals surface area contributed by atoms with Crippen LogP contribution >= 0.6 is 0 Å². The number of carbonyl (C=O) groups is 1. The Balaban J connectivity index is 2.45. The normalized spacial score (nSPS) is 10.6. The first-order valence-electron chi connectivity index (χ1n) is 6.64. The van der Waals surface area contributed by atoms with Crippen LogP contribution in [0, 0.1) is 0 Å². The SMILES string of the molecule is CC=Cc1ccc(OCCCCC(=O)NN)c(OC)c1. The Morgan fingerprint density at radius 2 is 2.15 bits per heavy atom. The van der Waals surface area contributed by atoms with Gasteiger partial charge in [-0.2, -0.15) is 0 Å². The molecule has 0 radical (unpaired) electrons. The van der Waals surface area contributed by atoms with Crippen molar-refractivity contribution in [3.63, 3.8) is 0 Å². The van der Waals surface area contributed by atoms with Crippen molar-refractivity contribution in [3.8, 4) is 11.5 Å². The highest BCUT2D eigenvalue weighted by Gasteiger charge is 2.05. The van der Waals surface area contributed by atoms with Gasteiger partial charge < -0.3 is 9.47 Å². The molecule has 0 heterocycles. The minimum atomic E-state index is -0.154. The van der Waals surface area contributed by atoms with Crippen LogP contribution in [-0.2, 0) is 4.79 Å². The largest absolute Gasteiger partial charge is 0.493 e. The third-order valence-electron chi connectivity index (χ3n) is 2.76.